The topological polar surface area (TPSA) is 38.0 Å². The Morgan fingerprint density at radius 2 is 1.92 bits per heavy atom. The van der Waals surface area contributed by atoms with Crippen molar-refractivity contribution >= 4 is 17.3 Å². The average Bonchev–Trinajstić information content (AvgIpc) is 2.03. The first-order chi connectivity index (χ1) is 5.95. The average molecular weight is 211 g/mol. The first-order valence-electron chi connectivity index (χ1n) is 3.28. The number of hydrogen-bond donors (Lipinski definition) is 2. The van der Waals surface area contributed by atoms with Crippen molar-refractivity contribution in [1.29, 1.82) is 0 Å². The molecule has 0 fully saturated rings. The number of anilines is 1. The minimum atomic E-state index is -4.45. The lowest BCUT2D eigenvalue weighted by Crippen LogP contribution is -2.10. The number of halogens is 4. The Balaban J connectivity index is 3.19. The van der Waals surface area contributed by atoms with Gasteiger partial charge in [-0.1, -0.05) is 11.6 Å². The van der Waals surface area contributed by atoms with Crippen LogP contribution in [-0.2, 0) is 6.18 Å². The van der Waals surface area contributed by atoms with Gasteiger partial charge in [-0.2, -0.15) is 13.2 Å². The van der Waals surface area contributed by atoms with Gasteiger partial charge in [-0.3, -0.25) is 5.84 Å². The van der Waals surface area contributed by atoms with Crippen LogP contribution in [0.3, 0.4) is 0 Å². The maximum absolute atomic E-state index is 12.2. The van der Waals surface area contributed by atoms with Gasteiger partial charge in [0, 0.05) is 5.69 Å². The lowest BCUT2D eigenvalue weighted by Gasteiger charge is -2.10. The van der Waals surface area contributed by atoms with Gasteiger partial charge in [-0.05, 0) is 18.2 Å². The van der Waals surface area contributed by atoms with Crippen LogP contribution in [0.1, 0.15) is 5.56 Å². The van der Waals surface area contributed by atoms with E-state index in [-0.39, 0.29) is 10.7 Å². The van der Waals surface area contributed by atoms with Crippen LogP contribution in [0.4, 0.5) is 18.9 Å². The molecular formula is C7H6ClF3N2. The number of nitrogens with two attached hydrogens (primary N) is 1. The molecule has 0 aromatic heterocycles. The Bertz CT molecular complexity index is 311. The lowest BCUT2D eigenvalue weighted by atomic mass is 10.2. The number of nitrogen functional groups attached to an aromatic ring is 1. The van der Waals surface area contributed by atoms with Crippen LogP contribution in [0.2, 0.25) is 5.02 Å². The van der Waals surface area contributed by atoms with Crippen LogP contribution < -0.4 is 11.3 Å². The second-order valence-electron chi connectivity index (χ2n) is 2.34. The molecule has 1 rings (SSSR count). The molecule has 0 bridgehead atoms. The number of alkyl halides is 3. The second kappa shape index (κ2) is 3.43. The molecule has 0 aliphatic carbocycles. The summed E-state index contributed by atoms with van der Waals surface area (Å²) in [5.41, 5.74) is 1.37. The van der Waals surface area contributed by atoms with E-state index >= 15 is 0 Å². The molecule has 0 amide bonds. The molecular weight excluding hydrogens is 205 g/mol. The normalized spacial score (nSPS) is 11.5. The first kappa shape index (κ1) is 10.1. The SMILES string of the molecule is NNc1ccc(Cl)c(C(F)(F)F)c1. The van der Waals surface area contributed by atoms with E-state index in [2.05, 4.69) is 5.43 Å². The molecule has 0 saturated heterocycles. The van der Waals surface area contributed by atoms with E-state index in [0.29, 0.717) is 0 Å². The molecule has 72 valence electrons. The first-order valence-corrected chi connectivity index (χ1v) is 3.66. The number of hydrogen-bond acceptors (Lipinski definition) is 2. The Labute approximate surface area is 77.5 Å². The summed E-state index contributed by atoms with van der Waals surface area (Å²) in [4.78, 5) is 0. The molecule has 0 spiro atoms. The Morgan fingerprint density at radius 3 is 2.38 bits per heavy atom. The molecule has 2 nitrogen and oxygen atoms in total. The molecule has 0 atom stereocenters. The van der Waals surface area contributed by atoms with Gasteiger partial charge in [-0.25, -0.2) is 0 Å². The van der Waals surface area contributed by atoms with Gasteiger partial charge in [0.2, 0.25) is 0 Å². The highest BCUT2D eigenvalue weighted by atomic mass is 35.5. The van der Waals surface area contributed by atoms with E-state index in [1.165, 1.54) is 6.07 Å². The van der Waals surface area contributed by atoms with Crippen molar-refractivity contribution < 1.29 is 13.2 Å². The van der Waals surface area contributed by atoms with E-state index in [0.717, 1.165) is 12.1 Å². The molecule has 0 radical (unpaired) electrons. The molecule has 0 saturated carbocycles. The summed E-state index contributed by atoms with van der Waals surface area (Å²) in [6, 6.07) is 3.35. The van der Waals surface area contributed by atoms with Gasteiger partial charge in [0.1, 0.15) is 0 Å². The van der Waals surface area contributed by atoms with E-state index in [1.54, 1.807) is 0 Å². The summed E-state index contributed by atoms with van der Waals surface area (Å²) >= 11 is 5.35. The molecule has 3 N–H and O–H groups in total. The second-order valence-corrected chi connectivity index (χ2v) is 2.74. The van der Waals surface area contributed by atoms with Gasteiger partial charge in [-0.15, -0.1) is 0 Å². The summed E-state index contributed by atoms with van der Waals surface area (Å²) in [6.45, 7) is 0. The summed E-state index contributed by atoms with van der Waals surface area (Å²) in [6.07, 6.45) is -4.45. The monoisotopic (exact) mass is 210 g/mol. The molecule has 13 heavy (non-hydrogen) atoms. The minimum absolute atomic E-state index is 0.164. The summed E-state index contributed by atoms with van der Waals surface area (Å²) in [5, 5.41) is -0.341. The zero-order chi connectivity index (χ0) is 10.1. The third-order valence-electron chi connectivity index (χ3n) is 1.44. The summed E-state index contributed by atoms with van der Waals surface area (Å²) in [5.74, 6) is 4.95. The largest absolute Gasteiger partial charge is 0.417 e. The molecule has 0 aliphatic rings. The highest BCUT2D eigenvalue weighted by Crippen LogP contribution is 2.35. The number of rotatable bonds is 1. The Morgan fingerprint density at radius 1 is 1.31 bits per heavy atom. The molecule has 1 aromatic carbocycles. The van der Waals surface area contributed by atoms with Crippen LogP contribution in [-0.4, -0.2) is 0 Å². The van der Waals surface area contributed by atoms with E-state index in [1.807, 2.05) is 0 Å². The zero-order valence-corrected chi connectivity index (χ0v) is 7.08. The number of hydrazine groups is 1. The Kier molecular flexibility index (Phi) is 2.68. The van der Waals surface area contributed by atoms with Crippen LogP contribution in [0, 0.1) is 0 Å². The fourth-order valence-electron chi connectivity index (χ4n) is 0.832. The Hall–Kier alpha value is -0.940. The van der Waals surface area contributed by atoms with Crippen LogP contribution in [0.15, 0.2) is 18.2 Å². The van der Waals surface area contributed by atoms with Gasteiger partial charge in [0.15, 0.2) is 0 Å². The summed E-state index contributed by atoms with van der Waals surface area (Å²) < 4.78 is 36.6. The van der Waals surface area contributed by atoms with E-state index < -0.39 is 11.7 Å². The van der Waals surface area contributed by atoms with Gasteiger partial charge < -0.3 is 5.43 Å². The van der Waals surface area contributed by atoms with E-state index in [9.17, 15) is 13.2 Å². The fraction of sp³-hybridized carbons (Fsp3) is 0.143. The maximum Gasteiger partial charge on any atom is 0.417 e. The van der Waals surface area contributed by atoms with Crippen molar-refractivity contribution in [3.63, 3.8) is 0 Å². The quantitative estimate of drug-likeness (QED) is 0.552. The third kappa shape index (κ3) is 2.26. The smallest absolute Gasteiger partial charge is 0.324 e. The highest BCUT2D eigenvalue weighted by Gasteiger charge is 2.33. The van der Waals surface area contributed by atoms with Crippen molar-refractivity contribution in [3.05, 3.63) is 28.8 Å². The molecule has 0 heterocycles. The number of benzene rings is 1. The van der Waals surface area contributed by atoms with Crippen molar-refractivity contribution in [2.75, 3.05) is 5.43 Å². The molecule has 1 aromatic rings. The van der Waals surface area contributed by atoms with Crippen molar-refractivity contribution in [3.8, 4) is 0 Å². The standard InChI is InChI=1S/C7H6ClF3N2/c8-6-2-1-4(13-12)3-5(6)7(9,10)11/h1-3,13H,12H2. The fourth-order valence-corrected chi connectivity index (χ4v) is 1.06. The summed E-state index contributed by atoms with van der Waals surface area (Å²) in [7, 11) is 0. The maximum atomic E-state index is 12.2. The van der Waals surface area contributed by atoms with Gasteiger partial charge >= 0.3 is 6.18 Å². The van der Waals surface area contributed by atoms with Crippen molar-refractivity contribution in [2.45, 2.75) is 6.18 Å². The van der Waals surface area contributed by atoms with Crippen LogP contribution >= 0.6 is 11.6 Å². The molecule has 0 unspecified atom stereocenters. The van der Waals surface area contributed by atoms with Gasteiger partial charge in [0.05, 0.1) is 10.6 Å². The van der Waals surface area contributed by atoms with Gasteiger partial charge in [0.25, 0.3) is 0 Å². The van der Waals surface area contributed by atoms with Crippen LogP contribution in [0.25, 0.3) is 0 Å². The van der Waals surface area contributed by atoms with Crippen molar-refractivity contribution in [1.82, 2.24) is 0 Å². The predicted molar refractivity (Wildman–Crippen MR) is 44.3 cm³/mol. The molecule has 0 aliphatic heterocycles. The zero-order valence-electron chi connectivity index (χ0n) is 6.32. The highest BCUT2D eigenvalue weighted by molar-refractivity contribution is 6.31. The minimum Gasteiger partial charge on any atom is -0.324 e. The van der Waals surface area contributed by atoms with E-state index in [4.69, 9.17) is 17.4 Å². The third-order valence-corrected chi connectivity index (χ3v) is 1.77. The lowest BCUT2D eigenvalue weighted by molar-refractivity contribution is -0.137. The predicted octanol–water partition coefficient (Wildman–Crippen LogP) is 2.64. The van der Waals surface area contributed by atoms with Crippen molar-refractivity contribution in [2.24, 2.45) is 5.84 Å². The molecule has 6 heteroatoms. The van der Waals surface area contributed by atoms with Crippen LogP contribution in [0.5, 0.6) is 0 Å². The number of nitrogens with one attached hydrogen (secondary N) is 1.